The van der Waals surface area contributed by atoms with E-state index in [0.29, 0.717) is 5.92 Å². The van der Waals surface area contributed by atoms with Crippen molar-refractivity contribution in [2.24, 2.45) is 11.7 Å². The summed E-state index contributed by atoms with van der Waals surface area (Å²) in [4.78, 5) is 3.36. The number of hydrogen-bond acceptors (Lipinski definition) is 1. The third-order valence-corrected chi connectivity index (χ3v) is 3.29. The van der Waals surface area contributed by atoms with Gasteiger partial charge in [-0.3, -0.25) is 0 Å². The standard InChI is InChI=1S/C14H20N2/c1-4-10-6-5-7-11-12(8-16-14(10)11)13(15)9(2)3/h5-9,13,16H,4,15H2,1-3H3. The van der Waals surface area contributed by atoms with Crippen molar-refractivity contribution in [1.29, 1.82) is 0 Å². The van der Waals surface area contributed by atoms with Gasteiger partial charge in [-0.2, -0.15) is 0 Å². The molecule has 2 nitrogen and oxygen atoms in total. The molecule has 86 valence electrons. The second-order valence-corrected chi connectivity index (χ2v) is 4.71. The van der Waals surface area contributed by atoms with Crippen LogP contribution in [-0.4, -0.2) is 4.98 Å². The third kappa shape index (κ3) is 1.74. The van der Waals surface area contributed by atoms with Gasteiger partial charge in [0, 0.05) is 23.1 Å². The average Bonchev–Trinajstić information content (AvgIpc) is 2.71. The summed E-state index contributed by atoms with van der Waals surface area (Å²) in [5.41, 5.74) is 10.1. The second kappa shape index (κ2) is 4.30. The number of aryl methyl sites for hydroxylation is 1. The Balaban J connectivity index is 2.57. The number of rotatable bonds is 3. The predicted molar refractivity (Wildman–Crippen MR) is 69.4 cm³/mol. The van der Waals surface area contributed by atoms with Gasteiger partial charge in [-0.1, -0.05) is 39.0 Å². The van der Waals surface area contributed by atoms with Crippen LogP contribution in [0.2, 0.25) is 0 Å². The Morgan fingerprint density at radius 1 is 1.31 bits per heavy atom. The van der Waals surface area contributed by atoms with Gasteiger partial charge in [0.15, 0.2) is 0 Å². The van der Waals surface area contributed by atoms with Crippen LogP contribution in [0.1, 0.15) is 37.9 Å². The minimum atomic E-state index is 0.112. The molecule has 1 atom stereocenters. The fourth-order valence-electron chi connectivity index (χ4n) is 2.17. The van der Waals surface area contributed by atoms with E-state index in [1.165, 1.54) is 22.0 Å². The van der Waals surface area contributed by atoms with Gasteiger partial charge in [0.05, 0.1) is 0 Å². The molecular formula is C14H20N2. The highest BCUT2D eigenvalue weighted by atomic mass is 14.7. The van der Waals surface area contributed by atoms with E-state index in [4.69, 9.17) is 5.73 Å². The Morgan fingerprint density at radius 2 is 2.06 bits per heavy atom. The summed E-state index contributed by atoms with van der Waals surface area (Å²) >= 11 is 0. The molecule has 0 fully saturated rings. The number of nitrogens with one attached hydrogen (secondary N) is 1. The van der Waals surface area contributed by atoms with Crippen molar-refractivity contribution < 1.29 is 0 Å². The van der Waals surface area contributed by atoms with Crippen LogP contribution in [-0.2, 0) is 6.42 Å². The van der Waals surface area contributed by atoms with E-state index < -0.39 is 0 Å². The molecule has 1 heterocycles. The Bertz CT molecular complexity index is 482. The fourth-order valence-corrected chi connectivity index (χ4v) is 2.17. The van der Waals surface area contributed by atoms with E-state index in [1.807, 2.05) is 0 Å². The van der Waals surface area contributed by atoms with Crippen LogP contribution in [0.15, 0.2) is 24.4 Å². The Labute approximate surface area is 96.9 Å². The van der Waals surface area contributed by atoms with Crippen LogP contribution >= 0.6 is 0 Å². The zero-order valence-electron chi connectivity index (χ0n) is 10.2. The second-order valence-electron chi connectivity index (χ2n) is 4.71. The molecule has 2 heteroatoms. The SMILES string of the molecule is CCc1cccc2c(C(N)C(C)C)c[nH]c12. The largest absolute Gasteiger partial charge is 0.361 e. The molecule has 1 aromatic heterocycles. The van der Waals surface area contributed by atoms with Crippen LogP contribution in [0, 0.1) is 5.92 Å². The van der Waals surface area contributed by atoms with Gasteiger partial charge in [0.1, 0.15) is 0 Å². The molecule has 0 aliphatic heterocycles. The molecule has 0 amide bonds. The summed E-state index contributed by atoms with van der Waals surface area (Å²) in [5, 5.41) is 1.28. The third-order valence-electron chi connectivity index (χ3n) is 3.29. The van der Waals surface area contributed by atoms with Gasteiger partial charge < -0.3 is 10.7 Å². The number of benzene rings is 1. The minimum Gasteiger partial charge on any atom is -0.361 e. The molecule has 3 N–H and O–H groups in total. The van der Waals surface area contributed by atoms with E-state index in [-0.39, 0.29) is 6.04 Å². The van der Waals surface area contributed by atoms with E-state index in [0.717, 1.165) is 6.42 Å². The van der Waals surface area contributed by atoms with Crippen molar-refractivity contribution in [3.8, 4) is 0 Å². The normalized spacial score (nSPS) is 13.6. The van der Waals surface area contributed by atoms with Crippen LogP contribution in [0.3, 0.4) is 0 Å². The maximum atomic E-state index is 6.22. The molecule has 16 heavy (non-hydrogen) atoms. The highest BCUT2D eigenvalue weighted by Gasteiger charge is 2.15. The first-order valence-electron chi connectivity index (χ1n) is 5.99. The summed E-state index contributed by atoms with van der Waals surface area (Å²) < 4.78 is 0. The highest BCUT2D eigenvalue weighted by Crippen LogP contribution is 2.28. The van der Waals surface area contributed by atoms with Crippen LogP contribution in [0.4, 0.5) is 0 Å². The number of hydrogen-bond donors (Lipinski definition) is 2. The first-order valence-corrected chi connectivity index (χ1v) is 5.99. The van der Waals surface area contributed by atoms with Crippen LogP contribution < -0.4 is 5.73 Å². The number of aromatic amines is 1. The van der Waals surface area contributed by atoms with Crippen LogP contribution in [0.5, 0.6) is 0 Å². The summed E-state index contributed by atoms with van der Waals surface area (Å²) in [5.74, 6) is 0.462. The lowest BCUT2D eigenvalue weighted by atomic mass is 9.96. The molecule has 2 aromatic rings. The Morgan fingerprint density at radius 3 is 2.69 bits per heavy atom. The summed E-state index contributed by atoms with van der Waals surface area (Å²) in [6.45, 7) is 6.50. The highest BCUT2D eigenvalue weighted by molar-refractivity contribution is 5.86. The van der Waals surface area contributed by atoms with Gasteiger partial charge in [-0.05, 0) is 23.5 Å². The van der Waals surface area contributed by atoms with Gasteiger partial charge in [0.25, 0.3) is 0 Å². The predicted octanol–water partition coefficient (Wildman–Crippen LogP) is 3.39. The smallest absolute Gasteiger partial charge is 0.0489 e. The molecule has 0 spiro atoms. The molecule has 2 rings (SSSR count). The molecule has 1 unspecified atom stereocenters. The van der Waals surface area contributed by atoms with Crippen LogP contribution in [0.25, 0.3) is 10.9 Å². The van der Waals surface area contributed by atoms with Crippen molar-refractivity contribution in [2.45, 2.75) is 33.2 Å². The number of fused-ring (bicyclic) bond motifs is 1. The first-order chi connectivity index (χ1) is 7.65. The molecule has 0 bridgehead atoms. The fraction of sp³-hybridized carbons (Fsp3) is 0.429. The maximum absolute atomic E-state index is 6.22. The molecule has 0 saturated heterocycles. The van der Waals surface area contributed by atoms with E-state index in [9.17, 15) is 0 Å². The average molecular weight is 216 g/mol. The number of nitrogens with two attached hydrogens (primary N) is 1. The monoisotopic (exact) mass is 216 g/mol. The maximum Gasteiger partial charge on any atom is 0.0489 e. The molecule has 1 aromatic carbocycles. The summed E-state index contributed by atoms with van der Waals surface area (Å²) in [6, 6.07) is 6.55. The lowest BCUT2D eigenvalue weighted by Gasteiger charge is -2.14. The minimum absolute atomic E-state index is 0.112. The molecule has 0 saturated carbocycles. The van der Waals surface area contributed by atoms with Gasteiger partial charge in [-0.25, -0.2) is 0 Å². The quantitative estimate of drug-likeness (QED) is 0.811. The molecular weight excluding hydrogens is 196 g/mol. The van der Waals surface area contributed by atoms with Crippen molar-refractivity contribution >= 4 is 10.9 Å². The lowest BCUT2D eigenvalue weighted by molar-refractivity contribution is 0.517. The van der Waals surface area contributed by atoms with E-state index in [2.05, 4.69) is 50.2 Å². The number of aromatic nitrogens is 1. The van der Waals surface area contributed by atoms with Crippen molar-refractivity contribution in [2.75, 3.05) is 0 Å². The lowest BCUT2D eigenvalue weighted by Crippen LogP contribution is -2.16. The molecule has 0 radical (unpaired) electrons. The zero-order valence-corrected chi connectivity index (χ0v) is 10.2. The van der Waals surface area contributed by atoms with Crippen molar-refractivity contribution in [3.05, 3.63) is 35.5 Å². The first kappa shape index (κ1) is 11.2. The molecule has 0 aliphatic carbocycles. The summed E-state index contributed by atoms with van der Waals surface area (Å²) in [7, 11) is 0. The van der Waals surface area contributed by atoms with Gasteiger partial charge in [0.2, 0.25) is 0 Å². The van der Waals surface area contributed by atoms with E-state index >= 15 is 0 Å². The molecule has 0 aliphatic rings. The van der Waals surface area contributed by atoms with Crippen molar-refractivity contribution in [3.63, 3.8) is 0 Å². The van der Waals surface area contributed by atoms with Gasteiger partial charge in [-0.15, -0.1) is 0 Å². The number of para-hydroxylation sites is 1. The van der Waals surface area contributed by atoms with E-state index in [1.54, 1.807) is 0 Å². The topological polar surface area (TPSA) is 41.8 Å². The zero-order chi connectivity index (χ0) is 11.7. The van der Waals surface area contributed by atoms with Gasteiger partial charge >= 0.3 is 0 Å². The van der Waals surface area contributed by atoms with Crippen molar-refractivity contribution in [1.82, 2.24) is 4.98 Å². The Hall–Kier alpha value is -1.28. The number of H-pyrrole nitrogens is 1. The Kier molecular flexibility index (Phi) is 3.01. The summed E-state index contributed by atoms with van der Waals surface area (Å²) in [6.07, 6.45) is 3.11.